The molecule has 0 saturated heterocycles. The van der Waals surface area contributed by atoms with E-state index in [1.54, 1.807) is 6.92 Å². The second kappa shape index (κ2) is 11.0. The molecule has 33 heavy (non-hydrogen) atoms. The van der Waals surface area contributed by atoms with E-state index in [2.05, 4.69) is 22.8 Å². The van der Waals surface area contributed by atoms with Crippen LogP contribution < -0.4 is 10.6 Å². The molecule has 0 spiro atoms. The monoisotopic (exact) mass is 453 g/mol. The molecule has 8 nitrogen and oxygen atoms in total. The first kappa shape index (κ1) is 24.3. The molecule has 2 unspecified atom stereocenters. The molecular weight excluding hydrogens is 422 g/mol. The number of ether oxygens (including phenoxy) is 1. The second-order valence-corrected chi connectivity index (χ2v) is 8.42. The zero-order chi connectivity index (χ0) is 24.0. The third kappa shape index (κ3) is 5.90. The number of alkyl carbamates (subject to hydrolysis) is 1. The Hall–Kier alpha value is -3.39. The highest BCUT2D eigenvalue weighted by molar-refractivity contribution is 5.89. The van der Waals surface area contributed by atoms with E-state index in [0.29, 0.717) is 13.0 Å². The Kier molecular flexibility index (Phi) is 8.06. The summed E-state index contributed by atoms with van der Waals surface area (Å²) in [7, 11) is 3.71. The number of carboxylic acid groups (broad SMARTS) is 1. The van der Waals surface area contributed by atoms with E-state index >= 15 is 0 Å². The van der Waals surface area contributed by atoms with Gasteiger partial charge in [0.05, 0.1) is 0 Å². The van der Waals surface area contributed by atoms with Crippen LogP contribution in [0.25, 0.3) is 11.1 Å². The van der Waals surface area contributed by atoms with E-state index in [1.165, 1.54) is 0 Å². The molecule has 2 atom stereocenters. The highest BCUT2D eigenvalue weighted by Gasteiger charge is 2.30. The SMILES string of the molecule is CCC(NC(=O)C(CCN(C)C)NC(=O)OCC1c2ccccc2-c2ccccc21)C(=O)O. The topological polar surface area (TPSA) is 108 Å². The molecule has 1 aliphatic carbocycles. The van der Waals surface area contributed by atoms with Crippen molar-refractivity contribution in [3.8, 4) is 11.1 Å². The van der Waals surface area contributed by atoms with Crippen LogP contribution in [0, 0.1) is 0 Å². The molecule has 1 aliphatic rings. The summed E-state index contributed by atoms with van der Waals surface area (Å²) in [6, 6.07) is 14.2. The number of carbonyl (C=O) groups is 3. The van der Waals surface area contributed by atoms with E-state index in [-0.39, 0.29) is 18.9 Å². The van der Waals surface area contributed by atoms with Gasteiger partial charge in [-0.05, 0) is 55.7 Å². The standard InChI is InChI=1S/C25H31N3O5/c1-4-21(24(30)31)26-23(29)22(13-14-28(2)3)27-25(32)33-15-20-18-11-7-5-9-16(18)17-10-6-8-12-19(17)20/h5-12,20-22H,4,13-15H2,1-3H3,(H,26,29)(H,27,32)(H,30,31). The van der Waals surface area contributed by atoms with Crippen LogP contribution in [0.4, 0.5) is 4.79 Å². The maximum Gasteiger partial charge on any atom is 0.407 e. The fourth-order valence-corrected chi connectivity index (χ4v) is 4.05. The van der Waals surface area contributed by atoms with Crippen molar-refractivity contribution in [2.45, 2.75) is 37.8 Å². The number of hydrogen-bond donors (Lipinski definition) is 3. The van der Waals surface area contributed by atoms with Gasteiger partial charge < -0.3 is 25.4 Å². The van der Waals surface area contributed by atoms with Crippen molar-refractivity contribution in [2.24, 2.45) is 0 Å². The maximum atomic E-state index is 12.7. The normalized spacial score (nSPS) is 14.2. The zero-order valence-corrected chi connectivity index (χ0v) is 19.2. The molecule has 3 N–H and O–H groups in total. The van der Waals surface area contributed by atoms with Crippen molar-refractivity contribution < 1.29 is 24.2 Å². The number of benzene rings is 2. The average Bonchev–Trinajstić information content (AvgIpc) is 3.12. The smallest absolute Gasteiger partial charge is 0.407 e. The fraction of sp³-hybridized carbons (Fsp3) is 0.400. The number of nitrogens with zero attached hydrogens (tertiary/aromatic N) is 1. The van der Waals surface area contributed by atoms with Gasteiger partial charge in [-0.3, -0.25) is 4.79 Å². The fourth-order valence-electron chi connectivity index (χ4n) is 4.05. The number of nitrogens with one attached hydrogen (secondary N) is 2. The minimum Gasteiger partial charge on any atom is -0.480 e. The van der Waals surface area contributed by atoms with Crippen molar-refractivity contribution >= 4 is 18.0 Å². The summed E-state index contributed by atoms with van der Waals surface area (Å²) in [6.45, 7) is 2.34. The third-order valence-electron chi connectivity index (χ3n) is 5.84. The predicted octanol–water partition coefficient (Wildman–Crippen LogP) is 2.82. The maximum absolute atomic E-state index is 12.7. The molecule has 0 saturated carbocycles. The number of fused-ring (bicyclic) bond motifs is 3. The largest absolute Gasteiger partial charge is 0.480 e. The van der Waals surface area contributed by atoms with Crippen LogP contribution in [0.15, 0.2) is 48.5 Å². The molecule has 8 heteroatoms. The highest BCUT2D eigenvalue weighted by Crippen LogP contribution is 2.44. The van der Waals surface area contributed by atoms with Crippen LogP contribution in [0.1, 0.15) is 36.8 Å². The van der Waals surface area contributed by atoms with Crippen LogP contribution in [0.5, 0.6) is 0 Å². The first-order valence-corrected chi connectivity index (χ1v) is 11.1. The van der Waals surface area contributed by atoms with E-state index in [1.807, 2.05) is 55.4 Å². The number of hydrogen-bond acceptors (Lipinski definition) is 5. The van der Waals surface area contributed by atoms with Gasteiger partial charge in [0.15, 0.2) is 0 Å². The van der Waals surface area contributed by atoms with E-state index in [9.17, 15) is 19.5 Å². The first-order chi connectivity index (χ1) is 15.8. The molecule has 0 aliphatic heterocycles. The van der Waals surface area contributed by atoms with Gasteiger partial charge in [-0.2, -0.15) is 0 Å². The lowest BCUT2D eigenvalue weighted by Crippen LogP contribution is -2.52. The van der Waals surface area contributed by atoms with Gasteiger partial charge in [-0.1, -0.05) is 55.5 Å². The van der Waals surface area contributed by atoms with Crippen molar-refractivity contribution in [2.75, 3.05) is 27.2 Å². The summed E-state index contributed by atoms with van der Waals surface area (Å²) in [5.41, 5.74) is 4.45. The number of amides is 2. The summed E-state index contributed by atoms with van der Waals surface area (Å²) in [6.07, 6.45) is -0.148. The van der Waals surface area contributed by atoms with Gasteiger partial charge >= 0.3 is 12.1 Å². The molecule has 3 rings (SSSR count). The molecule has 2 aromatic rings. The van der Waals surface area contributed by atoms with Gasteiger partial charge in [0.2, 0.25) is 5.91 Å². The third-order valence-corrected chi connectivity index (χ3v) is 5.84. The second-order valence-electron chi connectivity index (χ2n) is 8.42. The lowest BCUT2D eigenvalue weighted by Gasteiger charge is -2.22. The molecule has 176 valence electrons. The Bertz CT molecular complexity index is 962. The highest BCUT2D eigenvalue weighted by atomic mass is 16.5. The zero-order valence-electron chi connectivity index (χ0n) is 19.2. The Morgan fingerprint density at radius 2 is 1.55 bits per heavy atom. The molecule has 2 aromatic carbocycles. The van der Waals surface area contributed by atoms with Crippen LogP contribution in [-0.2, 0) is 14.3 Å². The van der Waals surface area contributed by atoms with Crippen molar-refractivity contribution in [1.29, 1.82) is 0 Å². The van der Waals surface area contributed by atoms with Crippen LogP contribution in [-0.4, -0.2) is 67.3 Å². The summed E-state index contributed by atoms with van der Waals surface area (Å²) < 4.78 is 5.55. The molecule has 0 bridgehead atoms. The van der Waals surface area contributed by atoms with E-state index < -0.39 is 30.1 Å². The first-order valence-electron chi connectivity index (χ1n) is 11.1. The summed E-state index contributed by atoms with van der Waals surface area (Å²) in [5.74, 6) is -1.74. The number of rotatable bonds is 10. The molecule has 0 aromatic heterocycles. The van der Waals surface area contributed by atoms with Gasteiger partial charge in [0.25, 0.3) is 0 Å². The Morgan fingerprint density at radius 3 is 2.06 bits per heavy atom. The van der Waals surface area contributed by atoms with Crippen molar-refractivity contribution in [1.82, 2.24) is 15.5 Å². The Labute approximate surface area is 193 Å². The molecule has 0 radical (unpaired) electrons. The number of aliphatic carboxylic acids is 1. The summed E-state index contributed by atoms with van der Waals surface area (Å²) in [4.78, 5) is 38.5. The Morgan fingerprint density at radius 1 is 0.970 bits per heavy atom. The van der Waals surface area contributed by atoms with Gasteiger partial charge in [-0.15, -0.1) is 0 Å². The quantitative estimate of drug-likeness (QED) is 0.511. The van der Waals surface area contributed by atoms with Crippen LogP contribution in [0.2, 0.25) is 0 Å². The average molecular weight is 454 g/mol. The van der Waals surface area contributed by atoms with Crippen LogP contribution >= 0.6 is 0 Å². The minimum atomic E-state index is -1.11. The summed E-state index contributed by atoms with van der Waals surface area (Å²) in [5, 5.41) is 14.3. The molecule has 2 amide bonds. The van der Waals surface area contributed by atoms with Gasteiger partial charge in [-0.25, -0.2) is 9.59 Å². The van der Waals surface area contributed by atoms with Gasteiger partial charge in [0.1, 0.15) is 18.7 Å². The van der Waals surface area contributed by atoms with Crippen LogP contribution in [0.3, 0.4) is 0 Å². The lowest BCUT2D eigenvalue weighted by atomic mass is 9.98. The summed E-state index contributed by atoms with van der Waals surface area (Å²) >= 11 is 0. The predicted molar refractivity (Wildman–Crippen MR) is 125 cm³/mol. The van der Waals surface area contributed by atoms with Gasteiger partial charge in [0, 0.05) is 5.92 Å². The molecule has 0 heterocycles. The molecule has 0 fully saturated rings. The minimum absolute atomic E-state index is 0.0892. The van der Waals surface area contributed by atoms with E-state index in [4.69, 9.17) is 4.74 Å². The number of carbonyl (C=O) groups excluding carboxylic acids is 2. The molecular formula is C25H31N3O5. The lowest BCUT2D eigenvalue weighted by molar-refractivity contribution is -0.142. The van der Waals surface area contributed by atoms with E-state index in [0.717, 1.165) is 22.3 Å². The Balaban J connectivity index is 1.66. The van der Waals surface area contributed by atoms with Crippen molar-refractivity contribution in [3.05, 3.63) is 59.7 Å². The number of carboxylic acids is 1. The van der Waals surface area contributed by atoms with Crippen molar-refractivity contribution in [3.63, 3.8) is 0 Å².